The van der Waals surface area contributed by atoms with Crippen molar-refractivity contribution in [1.82, 2.24) is 19.9 Å². The van der Waals surface area contributed by atoms with Crippen LogP contribution >= 0.6 is 12.2 Å². The van der Waals surface area contributed by atoms with Crippen LogP contribution in [0.15, 0.2) is 48.8 Å². The lowest BCUT2D eigenvalue weighted by molar-refractivity contribution is 0.174. The molecule has 178 valence electrons. The lowest BCUT2D eigenvalue weighted by Crippen LogP contribution is -2.31. The highest BCUT2D eigenvalue weighted by Crippen LogP contribution is 2.35. The maximum atomic E-state index is 5.55. The van der Waals surface area contributed by atoms with Gasteiger partial charge in [0.05, 0.1) is 19.7 Å². The number of nitrogens with one attached hydrogen (secondary N) is 2. The molecule has 11 nitrogen and oxygen atoms in total. The zero-order valence-electron chi connectivity index (χ0n) is 19.1. The van der Waals surface area contributed by atoms with Gasteiger partial charge in [-0.2, -0.15) is 4.98 Å². The summed E-state index contributed by atoms with van der Waals surface area (Å²) >= 11 is 5.55. The molecule has 0 atom stereocenters. The molecule has 0 spiro atoms. The van der Waals surface area contributed by atoms with Gasteiger partial charge in [0.1, 0.15) is 5.82 Å². The Morgan fingerprint density at radius 3 is 2.57 bits per heavy atom. The summed E-state index contributed by atoms with van der Waals surface area (Å²) in [6.07, 6.45) is 3.29. The second-order valence-electron chi connectivity index (χ2n) is 7.38. The van der Waals surface area contributed by atoms with Gasteiger partial charge in [0.15, 0.2) is 28.1 Å². The van der Waals surface area contributed by atoms with Crippen molar-refractivity contribution in [2.45, 2.75) is 0 Å². The molecule has 2 aromatic heterocycles. The monoisotopic (exact) mass is 491 g/mol. The fourth-order valence-corrected chi connectivity index (χ4v) is 3.62. The Kier molecular flexibility index (Phi) is 6.02. The van der Waals surface area contributed by atoms with Crippen molar-refractivity contribution >= 4 is 51.6 Å². The number of benzene rings is 2. The Bertz CT molecular complexity index is 1420. The molecule has 0 fully saturated rings. The van der Waals surface area contributed by atoms with E-state index in [0.717, 1.165) is 11.1 Å². The highest BCUT2D eigenvalue weighted by molar-refractivity contribution is 7.80. The zero-order chi connectivity index (χ0) is 24.4. The first-order chi connectivity index (χ1) is 17.0. The van der Waals surface area contributed by atoms with Crippen LogP contribution in [0.2, 0.25) is 0 Å². The first kappa shape index (κ1) is 22.3. The SMILES string of the molecule is COc1cc2cnc(Nc3nccc(NC(=S)N(C)c4ccc5c(c4)OCO5)n3)nc2cc1OC. The number of rotatable bonds is 6. The second-order valence-corrected chi connectivity index (χ2v) is 7.76. The Labute approximate surface area is 206 Å². The molecule has 0 bridgehead atoms. The molecular formula is C23H21N7O4S. The number of anilines is 4. The van der Waals surface area contributed by atoms with E-state index >= 15 is 0 Å². The van der Waals surface area contributed by atoms with Gasteiger partial charge in [-0.15, -0.1) is 0 Å². The molecule has 0 saturated carbocycles. The summed E-state index contributed by atoms with van der Waals surface area (Å²) in [5, 5.41) is 7.38. The van der Waals surface area contributed by atoms with E-state index in [-0.39, 0.29) is 6.79 Å². The van der Waals surface area contributed by atoms with Crippen molar-refractivity contribution < 1.29 is 18.9 Å². The summed E-state index contributed by atoms with van der Waals surface area (Å²) in [5.41, 5.74) is 1.52. The van der Waals surface area contributed by atoms with E-state index in [1.807, 2.05) is 31.3 Å². The zero-order valence-corrected chi connectivity index (χ0v) is 19.9. The Morgan fingerprint density at radius 1 is 0.971 bits per heavy atom. The van der Waals surface area contributed by atoms with Gasteiger partial charge in [0.25, 0.3) is 0 Å². The third-order valence-electron chi connectivity index (χ3n) is 5.25. The van der Waals surface area contributed by atoms with Crippen molar-refractivity contribution in [2.24, 2.45) is 0 Å². The molecule has 35 heavy (non-hydrogen) atoms. The van der Waals surface area contributed by atoms with Crippen LogP contribution in [0.5, 0.6) is 23.0 Å². The maximum absolute atomic E-state index is 5.55. The quantitative estimate of drug-likeness (QED) is 0.383. The first-order valence-corrected chi connectivity index (χ1v) is 10.9. The van der Waals surface area contributed by atoms with Crippen LogP contribution in [0.25, 0.3) is 10.9 Å². The standard InChI is InChI=1S/C23H21N7O4S/c1-30(14-4-5-16-19(9-14)34-12-33-16)23(35)28-20-6-7-24-21(27-20)29-22-25-11-13-8-17(31-2)18(32-3)10-15(13)26-22/h4-11H,12H2,1-3H3,(H2,24,25,26,27,28,29,35). The number of nitrogens with zero attached hydrogens (tertiary/aromatic N) is 5. The van der Waals surface area contributed by atoms with E-state index in [4.69, 9.17) is 31.2 Å². The topological polar surface area (TPSA) is 116 Å². The number of hydrogen-bond acceptors (Lipinski definition) is 10. The number of fused-ring (bicyclic) bond motifs is 2. The lowest BCUT2D eigenvalue weighted by atomic mass is 10.2. The van der Waals surface area contributed by atoms with Crippen LogP contribution in [0.4, 0.5) is 23.4 Å². The van der Waals surface area contributed by atoms with Crippen molar-refractivity contribution in [1.29, 1.82) is 0 Å². The molecule has 1 aliphatic rings. The summed E-state index contributed by atoms with van der Waals surface area (Å²) in [7, 11) is 5.00. The van der Waals surface area contributed by atoms with Gasteiger partial charge < -0.3 is 29.2 Å². The molecule has 2 N–H and O–H groups in total. The molecule has 0 aliphatic carbocycles. The number of methoxy groups -OCH3 is 2. The average Bonchev–Trinajstić information content (AvgIpc) is 3.35. The third-order valence-corrected chi connectivity index (χ3v) is 5.62. The van der Waals surface area contributed by atoms with Crippen molar-refractivity contribution in [3.8, 4) is 23.0 Å². The highest BCUT2D eigenvalue weighted by Gasteiger charge is 2.17. The molecule has 5 rings (SSSR count). The number of thiocarbonyl (C=S) groups is 1. The van der Waals surface area contributed by atoms with Crippen LogP contribution in [0.1, 0.15) is 0 Å². The van der Waals surface area contributed by atoms with Crippen LogP contribution in [0.3, 0.4) is 0 Å². The summed E-state index contributed by atoms with van der Waals surface area (Å²) < 4.78 is 21.5. The molecule has 0 saturated heterocycles. The van der Waals surface area contributed by atoms with Gasteiger partial charge in [-0.3, -0.25) is 5.32 Å². The van der Waals surface area contributed by atoms with Crippen LogP contribution in [-0.4, -0.2) is 53.1 Å². The lowest BCUT2D eigenvalue weighted by Gasteiger charge is -2.21. The molecule has 0 radical (unpaired) electrons. The summed E-state index contributed by atoms with van der Waals surface area (Å²) in [6, 6.07) is 10.9. The molecular weight excluding hydrogens is 470 g/mol. The summed E-state index contributed by atoms with van der Waals surface area (Å²) in [4.78, 5) is 19.4. The number of hydrogen-bond donors (Lipinski definition) is 2. The van der Waals surface area contributed by atoms with Gasteiger partial charge >= 0.3 is 0 Å². The van der Waals surface area contributed by atoms with Gasteiger partial charge in [0.2, 0.25) is 18.7 Å². The predicted molar refractivity (Wildman–Crippen MR) is 135 cm³/mol. The smallest absolute Gasteiger partial charge is 0.231 e. The van der Waals surface area contributed by atoms with Crippen molar-refractivity contribution in [3.05, 3.63) is 48.8 Å². The normalized spacial score (nSPS) is 11.7. The minimum absolute atomic E-state index is 0.213. The van der Waals surface area contributed by atoms with Crippen molar-refractivity contribution in [2.75, 3.05) is 43.6 Å². The highest BCUT2D eigenvalue weighted by atomic mass is 32.1. The molecule has 4 aromatic rings. The second kappa shape index (κ2) is 9.43. The van der Waals surface area contributed by atoms with E-state index in [1.54, 1.807) is 43.6 Å². The summed E-state index contributed by atoms with van der Waals surface area (Å²) in [5.74, 6) is 3.72. The fourth-order valence-electron chi connectivity index (χ4n) is 3.41. The average molecular weight is 492 g/mol. The molecule has 3 heterocycles. The third kappa shape index (κ3) is 4.64. The van der Waals surface area contributed by atoms with Crippen molar-refractivity contribution in [3.63, 3.8) is 0 Å². The van der Waals surface area contributed by atoms with Crippen LogP contribution in [0, 0.1) is 0 Å². The minimum Gasteiger partial charge on any atom is -0.493 e. The number of ether oxygens (including phenoxy) is 4. The Balaban J connectivity index is 1.30. The van der Waals surface area contributed by atoms with E-state index < -0.39 is 0 Å². The summed E-state index contributed by atoms with van der Waals surface area (Å²) in [6.45, 7) is 0.213. The van der Waals surface area contributed by atoms with E-state index in [0.29, 0.717) is 51.3 Å². The largest absolute Gasteiger partial charge is 0.493 e. The van der Waals surface area contributed by atoms with Crippen LogP contribution in [-0.2, 0) is 0 Å². The van der Waals surface area contributed by atoms with Gasteiger partial charge in [-0.25, -0.2) is 15.0 Å². The van der Waals surface area contributed by atoms with E-state index in [1.165, 1.54) is 0 Å². The Morgan fingerprint density at radius 2 is 1.74 bits per heavy atom. The predicted octanol–water partition coefficient (Wildman–Crippen LogP) is 3.74. The van der Waals surface area contributed by atoms with Gasteiger partial charge in [-0.1, -0.05) is 0 Å². The molecule has 12 heteroatoms. The van der Waals surface area contributed by atoms with Gasteiger partial charge in [0, 0.05) is 42.6 Å². The molecule has 1 aliphatic heterocycles. The minimum atomic E-state index is 0.213. The van der Waals surface area contributed by atoms with E-state index in [9.17, 15) is 0 Å². The number of aromatic nitrogens is 4. The van der Waals surface area contributed by atoms with Crippen LogP contribution < -0.4 is 34.5 Å². The van der Waals surface area contributed by atoms with Gasteiger partial charge in [-0.05, 0) is 36.5 Å². The molecule has 2 aromatic carbocycles. The molecule has 0 unspecified atom stereocenters. The van der Waals surface area contributed by atoms with E-state index in [2.05, 4.69) is 30.6 Å². The Hall–Kier alpha value is -4.45. The fraction of sp³-hybridized carbons (Fsp3) is 0.174. The first-order valence-electron chi connectivity index (χ1n) is 10.5. The molecule has 0 amide bonds. The maximum Gasteiger partial charge on any atom is 0.231 e.